The summed E-state index contributed by atoms with van der Waals surface area (Å²) in [5.41, 5.74) is 23.0. The van der Waals surface area contributed by atoms with Gasteiger partial charge in [0.15, 0.2) is 0 Å². The van der Waals surface area contributed by atoms with Crippen LogP contribution in [0.3, 0.4) is 0 Å². The van der Waals surface area contributed by atoms with E-state index in [4.69, 9.17) is 17.2 Å². The molecule has 1 amide bonds. The van der Waals surface area contributed by atoms with E-state index < -0.39 is 5.91 Å². The van der Waals surface area contributed by atoms with Crippen LogP contribution in [0.1, 0.15) is 59.7 Å². The SMILES string of the molecule is CCCc1c(C)[nH]c(C(N)=O)c1N.CCCc1c(N)cn(C)c1C. The molecule has 2 aromatic rings. The molecule has 0 aliphatic rings. The second kappa shape index (κ2) is 8.47. The van der Waals surface area contributed by atoms with Gasteiger partial charge in [-0.25, -0.2) is 0 Å². The fraction of sp³-hybridized carbons (Fsp3) is 0.500. The highest BCUT2D eigenvalue weighted by Crippen LogP contribution is 2.22. The molecular formula is C18H31N5O. The third-order valence-electron chi connectivity index (χ3n) is 4.25. The smallest absolute Gasteiger partial charge is 0.267 e. The van der Waals surface area contributed by atoms with E-state index in [1.165, 1.54) is 11.3 Å². The molecule has 6 heteroatoms. The number of hydrogen-bond acceptors (Lipinski definition) is 3. The summed E-state index contributed by atoms with van der Waals surface area (Å²) in [4.78, 5) is 13.8. The van der Waals surface area contributed by atoms with Crippen molar-refractivity contribution in [3.63, 3.8) is 0 Å². The van der Waals surface area contributed by atoms with Crippen LogP contribution in [0.2, 0.25) is 0 Å². The van der Waals surface area contributed by atoms with E-state index in [1.54, 1.807) is 0 Å². The molecule has 0 saturated heterocycles. The van der Waals surface area contributed by atoms with E-state index >= 15 is 0 Å². The molecule has 2 rings (SSSR count). The number of aryl methyl sites for hydroxylation is 2. The zero-order valence-corrected chi connectivity index (χ0v) is 15.5. The number of carbonyl (C=O) groups is 1. The first kappa shape index (κ1) is 19.7. The molecule has 24 heavy (non-hydrogen) atoms. The number of nitrogens with zero attached hydrogens (tertiary/aromatic N) is 1. The van der Waals surface area contributed by atoms with Crippen molar-refractivity contribution >= 4 is 17.3 Å². The maximum Gasteiger partial charge on any atom is 0.267 e. The van der Waals surface area contributed by atoms with Crippen LogP contribution in [0.15, 0.2) is 6.20 Å². The molecule has 0 spiro atoms. The number of aromatic nitrogens is 2. The molecule has 0 aliphatic carbocycles. The Labute approximate surface area is 144 Å². The maximum absolute atomic E-state index is 10.9. The number of primary amides is 1. The fourth-order valence-electron chi connectivity index (χ4n) is 2.83. The Bertz CT molecular complexity index is 697. The van der Waals surface area contributed by atoms with Crippen molar-refractivity contribution in [2.45, 2.75) is 53.4 Å². The molecule has 2 aromatic heterocycles. The minimum atomic E-state index is -0.497. The van der Waals surface area contributed by atoms with Gasteiger partial charge in [-0.3, -0.25) is 4.79 Å². The highest BCUT2D eigenvalue weighted by Gasteiger charge is 2.14. The van der Waals surface area contributed by atoms with Crippen molar-refractivity contribution in [2.75, 3.05) is 11.5 Å². The number of nitrogens with two attached hydrogens (primary N) is 3. The minimum absolute atomic E-state index is 0.334. The van der Waals surface area contributed by atoms with Gasteiger partial charge in [-0.05, 0) is 37.8 Å². The minimum Gasteiger partial charge on any atom is -0.397 e. The molecule has 0 aromatic carbocycles. The highest BCUT2D eigenvalue weighted by atomic mass is 16.1. The van der Waals surface area contributed by atoms with Crippen LogP contribution in [0, 0.1) is 13.8 Å². The van der Waals surface area contributed by atoms with Gasteiger partial charge in [-0.2, -0.15) is 0 Å². The summed E-state index contributed by atoms with van der Waals surface area (Å²) in [6, 6.07) is 0. The van der Waals surface area contributed by atoms with Gasteiger partial charge in [0.25, 0.3) is 5.91 Å². The number of H-pyrrole nitrogens is 1. The molecule has 2 heterocycles. The topological polar surface area (TPSA) is 116 Å². The van der Waals surface area contributed by atoms with Crippen LogP contribution in [-0.4, -0.2) is 15.5 Å². The molecule has 6 nitrogen and oxygen atoms in total. The summed E-state index contributed by atoms with van der Waals surface area (Å²) in [6.07, 6.45) is 6.12. The van der Waals surface area contributed by atoms with Crippen LogP contribution in [0.5, 0.6) is 0 Å². The number of nitrogens with one attached hydrogen (secondary N) is 1. The van der Waals surface area contributed by atoms with E-state index in [9.17, 15) is 4.79 Å². The van der Waals surface area contributed by atoms with Crippen molar-refractivity contribution in [1.82, 2.24) is 9.55 Å². The van der Waals surface area contributed by atoms with Crippen LogP contribution in [0.25, 0.3) is 0 Å². The molecular weight excluding hydrogens is 302 g/mol. The van der Waals surface area contributed by atoms with Gasteiger partial charge in [0.05, 0.1) is 11.4 Å². The number of anilines is 2. The molecule has 0 saturated carbocycles. The quantitative estimate of drug-likeness (QED) is 0.674. The maximum atomic E-state index is 10.9. The Morgan fingerprint density at radius 2 is 1.67 bits per heavy atom. The van der Waals surface area contributed by atoms with Crippen LogP contribution in [0.4, 0.5) is 11.4 Å². The molecule has 0 aliphatic heterocycles. The van der Waals surface area contributed by atoms with E-state index in [2.05, 4.69) is 30.3 Å². The summed E-state index contributed by atoms with van der Waals surface area (Å²) in [5.74, 6) is -0.497. The second-order valence-corrected chi connectivity index (χ2v) is 6.14. The van der Waals surface area contributed by atoms with Gasteiger partial charge < -0.3 is 26.8 Å². The monoisotopic (exact) mass is 333 g/mol. The van der Waals surface area contributed by atoms with Crippen molar-refractivity contribution in [3.05, 3.63) is 34.4 Å². The lowest BCUT2D eigenvalue weighted by Gasteiger charge is -1.99. The highest BCUT2D eigenvalue weighted by molar-refractivity contribution is 5.97. The zero-order valence-electron chi connectivity index (χ0n) is 15.5. The summed E-state index contributed by atoms with van der Waals surface area (Å²) < 4.78 is 2.08. The molecule has 0 bridgehead atoms. The van der Waals surface area contributed by atoms with Gasteiger partial charge >= 0.3 is 0 Å². The van der Waals surface area contributed by atoms with Crippen molar-refractivity contribution in [1.29, 1.82) is 0 Å². The van der Waals surface area contributed by atoms with Crippen molar-refractivity contribution < 1.29 is 4.79 Å². The molecule has 0 fully saturated rings. The first-order valence-corrected chi connectivity index (χ1v) is 8.41. The first-order chi connectivity index (χ1) is 11.2. The predicted octanol–water partition coefficient (Wildman–Crippen LogP) is 2.82. The van der Waals surface area contributed by atoms with Gasteiger partial charge in [-0.15, -0.1) is 0 Å². The molecule has 0 unspecified atom stereocenters. The van der Waals surface area contributed by atoms with Gasteiger partial charge in [0.1, 0.15) is 5.69 Å². The standard InChI is InChI=1S/C9H15N3O.C9H16N2/c1-3-4-6-5(2)12-8(7(6)10)9(11)13;1-4-5-8-7(2)11(3)6-9(8)10/h12H,3-4,10H2,1-2H3,(H2,11,13);6H,4-5,10H2,1-3H3. The zero-order chi connectivity index (χ0) is 18.4. The number of carbonyl (C=O) groups excluding carboxylic acids is 1. The lowest BCUT2D eigenvalue weighted by Crippen LogP contribution is -2.13. The molecule has 0 radical (unpaired) electrons. The first-order valence-electron chi connectivity index (χ1n) is 8.41. The van der Waals surface area contributed by atoms with Crippen molar-refractivity contribution in [3.8, 4) is 0 Å². The number of rotatable bonds is 5. The van der Waals surface area contributed by atoms with Crippen LogP contribution < -0.4 is 17.2 Å². The fourth-order valence-corrected chi connectivity index (χ4v) is 2.83. The normalized spacial score (nSPS) is 10.4. The summed E-state index contributed by atoms with van der Waals surface area (Å²) in [5, 5.41) is 0. The van der Waals surface area contributed by atoms with E-state index in [-0.39, 0.29) is 0 Å². The number of amides is 1. The largest absolute Gasteiger partial charge is 0.397 e. The summed E-state index contributed by atoms with van der Waals surface area (Å²) in [7, 11) is 2.03. The summed E-state index contributed by atoms with van der Waals surface area (Å²) in [6.45, 7) is 8.25. The Morgan fingerprint density at radius 3 is 2.04 bits per heavy atom. The van der Waals surface area contributed by atoms with Crippen molar-refractivity contribution in [2.24, 2.45) is 12.8 Å². The third-order valence-corrected chi connectivity index (χ3v) is 4.25. The van der Waals surface area contributed by atoms with E-state index in [0.717, 1.165) is 42.6 Å². The molecule has 7 N–H and O–H groups in total. The average molecular weight is 333 g/mol. The van der Waals surface area contributed by atoms with Gasteiger partial charge in [0, 0.05) is 24.6 Å². The predicted molar refractivity (Wildman–Crippen MR) is 101 cm³/mol. The molecule has 134 valence electrons. The third kappa shape index (κ3) is 4.34. The summed E-state index contributed by atoms with van der Waals surface area (Å²) >= 11 is 0. The van der Waals surface area contributed by atoms with Gasteiger partial charge in [0.2, 0.25) is 0 Å². The Kier molecular flexibility index (Phi) is 6.95. The van der Waals surface area contributed by atoms with Crippen LogP contribution in [-0.2, 0) is 19.9 Å². The average Bonchev–Trinajstić information content (AvgIpc) is 2.93. The Balaban J connectivity index is 0.000000243. The number of aromatic amines is 1. The van der Waals surface area contributed by atoms with E-state index in [1.807, 2.05) is 20.2 Å². The van der Waals surface area contributed by atoms with E-state index in [0.29, 0.717) is 11.4 Å². The molecule has 0 atom stereocenters. The Hall–Kier alpha value is -2.37. The number of nitrogen functional groups attached to an aromatic ring is 2. The number of hydrogen-bond donors (Lipinski definition) is 4. The second-order valence-electron chi connectivity index (χ2n) is 6.14. The lowest BCUT2D eigenvalue weighted by molar-refractivity contribution is 0.0997. The van der Waals surface area contributed by atoms with Gasteiger partial charge in [-0.1, -0.05) is 26.7 Å². The van der Waals surface area contributed by atoms with Crippen LogP contribution >= 0.6 is 0 Å². The lowest BCUT2D eigenvalue weighted by atomic mass is 10.1. The Morgan fingerprint density at radius 1 is 1.12 bits per heavy atom.